The van der Waals surface area contributed by atoms with E-state index in [0.29, 0.717) is 46.0 Å². The summed E-state index contributed by atoms with van der Waals surface area (Å²) in [6.45, 7) is 3.43. The second-order valence-corrected chi connectivity index (χ2v) is 9.83. The number of fused-ring (bicyclic) bond motifs is 2. The van der Waals surface area contributed by atoms with Crippen LogP contribution in [0.3, 0.4) is 0 Å². The van der Waals surface area contributed by atoms with Crippen molar-refractivity contribution in [1.29, 1.82) is 5.26 Å². The molecule has 0 aliphatic carbocycles. The molecule has 39 heavy (non-hydrogen) atoms. The molecule has 3 aromatic carbocycles. The van der Waals surface area contributed by atoms with Gasteiger partial charge in [-0.3, -0.25) is 9.59 Å². The minimum atomic E-state index is -0.269. The number of hydrogen-bond donors (Lipinski definition) is 2. The predicted molar refractivity (Wildman–Crippen MR) is 147 cm³/mol. The van der Waals surface area contributed by atoms with Crippen molar-refractivity contribution in [3.8, 4) is 17.6 Å². The van der Waals surface area contributed by atoms with Crippen LogP contribution in [0.5, 0.6) is 11.5 Å². The van der Waals surface area contributed by atoms with Crippen LogP contribution in [0.2, 0.25) is 0 Å². The number of likely N-dealkylation sites (N-methyl/N-ethyl adjacent to an activating group) is 1. The zero-order valence-corrected chi connectivity index (χ0v) is 21.5. The largest absolute Gasteiger partial charge is 0.454 e. The molecule has 0 atom stereocenters. The number of rotatable bonds is 5. The van der Waals surface area contributed by atoms with Crippen molar-refractivity contribution < 1.29 is 19.1 Å². The van der Waals surface area contributed by atoms with E-state index in [1.54, 1.807) is 18.2 Å². The average molecular weight is 522 g/mol. The maximum atomic E-state index is 13.2. The highest BCUT2D eigenvalue weighted by Gasteiger charge is 2.29. The summed E-state index contributed by atoms with van der Waals surface area (Å²) in [4.78, 5) is 30.2. The molecule has 1 saturated heterocycles. The molecule has 3 aromatic rings. The van der Waals surface area contributed by atoms with Crippen LogP contribution in [0, 0.1) is 11.3 Å². The van der Waals surface area contributed by atoms with Gasteiger partial charge in [0.25, 0.3) is 5.91 Å². The van der Waals surface area contributed by atoms with Crippen molar-refractivity contribution in [2.24, 2.45) is 0 Å². The third-order valence-corrected chi connectivity index (χ3v) is 7.24. The van der Waals surface area contributed by atoms with Crippen LogP contribution in [0.1, 0.15) is 22.3 Å². The molecule has 3 aliphatic heterocycles. The van der Waals surface area contributed by atoms with Crippen LogP contribution < -0.4 is 20.1 Å². The van der Waals surface area contributed by atoms with Crippen molar-refractivity contribution in [1.82, 2.24) is 9.80 Å². The summed E-state index contributed by atoms with van der Waals surface area (Å²) in [6.07, 6.45) is 0.344. The Kier molecular flexibility index (Phi) is 6.39. The smallest absolute Gasteiger partial charge is 0.258 e. The van der Waals surface area contributed by atoms with Crippen LogP contribution in [-0.4, -0.2) is 61.6 Å². The van der Waals surface area contributed by atoms with Gasteiger partial charge in [0, 0.05) is 43.0 Å². The van der Waals surface area contributed by atoms with Gasteiger partial charge in [0.1, 0.15) is 0 Å². The molecule has 0 aromatic heterocycles. The summed E-state index contributed by atoms with van der Waals surface area (Å²) in [7, 11) is 2.07. The van der Waals surface area contributed by atoms with Gasteiger partial charge in [-0.25, -0.2) is 0 Å². The molecule has 2 amide bonds. The number of hydrogen-bond acceptors (Lipinski definition) is 7. The molecular weight excluding hydrogens is 494 g/mol. The van der Waals surface area contributed by atoms with E-state index in [0.717, 1.165) is 43.0 Å². The first-order valence-electron chi connectivity index (χ1n) is 12.8. The Labute approximate surface area is 226 Å². The van der Waals surface area contributed by atoms with Gasteiger partial charge in [0.15, 0.2) is 11.5 Å². The predicted octanol–water partition coefficient (Wildman–Crippen LogP) is 3.54. The lowest BCUT2D eigenvalue weighted by atomic mass is 9.98. The molecule has 9 heteroatoms. The van der Waals surface area contributed by atoms with Crippen LogP contribution in [-0.2, 0) is 16.0 Å². The number of benzene rings is 3. The highest BCUT2D eigenvalue weighted by molar-refractivity contribution is 6.37. The molecule has 0 unspecified atom stereocenters. The summed E-state index contributed by atoms with van der Waals surface area (Å²) < 4.78 is 11.1. The summed E-state index contributed by atoms with van der Waals surface area (Å²) in [5.41, 5.74) is 5.25. The topological polar surface area (TPSA) is 107 Å². The number of anilines is 2. The third kappa shape index (κ3) is 4.90. The van der Waals surface area contributed by atoms with E-state index in [1.165, 1.54) is 0 Å². The van der Waals surface area contributed by atoms with Gasteiger partial charge in [-0.05, 0) is 55.1 Å². The molecule has 2 N–H and O–H groups in total. The van der Waals surface area contributed by atoms with Crippen molar-refractivity contribution >= 4 is 34.5 Å². The van der Waals surface area contributed by atoms with Crippen molar-refractivity contribution in [3.63, 3.8) is 0 Å². The van der Waals surface area contributed by atoms with Gasteiger partial charge in [-0.2, -0.15) is 5.26 Å². The van der Waals surface area contributed by atoms with Crippen LogP contribution in [0.4, 0.5) is 11.4 Å². The van der Waals surface area contributed by atoms with Gasteiger partial charge < -0.3 is 29.9 Å². The van der Waals surface area contributed by atoms with E-state index in [-0.39, 0.29) is 18.6 Å². The molecular formula is C30H27N5O4. The molecule has 0 saturated carbocycles. The number of carbonyl (C=O) groups is 2. The van der Waals surface area contributed by atoms with Gasteiger partial charge in [0.05, 0.1) is 35.0 Å². The van der Waals surface area contributed by atoms with E-state index in [9.17, 15) is 14.9 Å². The monoisotopic (exact) mass is 521 g/mol. The van der Waals surface area contributed by atoms with Crippen LogP contribution >= 0.6 is 0 Å². The van der Waals surface area contributed by atoms with Crippen LogP contribution in [0.15, 0.2) is 60.7 Å². The first-order valence-corrected chi connectivity index (χ1v) is 12.8. The lowest BCUT2D eigenvalue weighted by Gasteiger charge is -2.32. The quantitative estimate of drug-likeness (QED) is 0.495. The van der Waals surface area contributed by atoms with Crippen molar-refractivity contribution in [2.45, 2.75) is 6.42 Å². The molecule has 9 nitrogen and oxygen atoms in total. The maximum Gasteiger partial charge on any atom is 0.258 e. The highest BCUT2D eigenvalue weighted by atomic mass is 16.7. The minimum absolute atomic E-state index is 0.128. The molecule has 0 spiro atoms. The lowest BCUT2D eigenvalue weighted by Crippen LogP contribution is -2.47. The zero-order valence-electron chi connectivity index (χ0n) is 21.5. The fourth-order valence-corrected chi connectivity index (χ4v) is 5.01. The minimum Gasteiger partial charge on any atom is -0.454 e. The Morgan fingerprint density at radius 3 is 2.54 bits per heavy atom. The Bertz CT molecular complexity index is 1530. The Morgan fingerprint density at radius 2 is 1.77 bits per heavy atom. The molecule has 0 bridgehead atoms. The number of nitrogens with one attached hydrogen (secondary N) is 2. The zero-order chi connectivity index (χ0) is 26.9. The highest BCUT2D eigenvalue weighted by Crippen LogP contribution is 2.41. The van der Waals surface area contributed by atoms with Gasteiger partial charge in [-0.15, -0.1) is 0 Å². The number of amides is 2. The van der Waals surface area contributed by atoms with E-state index in [4.69, 9.17) is 9.47 Å². The van der Waals surface area contributed by atoms with E-state index < -0.39 is 0 Å². The number of ether oxygens (including phenoxy) is 2. The maximum absolute atomic E-state index is 13.2. The second-order valence-electron chi connectivity index (χ2n) is 9.83. The van der Waals surface area contributed by atoms with Gasteiger partial charge in [0.2, 0.25) is 12.7 Å². The third-order valence-electron chi connectivity index (χ3n) is 7.24. The Balaban J connectivity index is 1.31. The number of piperazine rings is 1. The molecule has 196 valence electrons. The first kappa shape index (κ1) is 24.5. The first-order chi connectivity index (χ1) is 19.0. The normalized spacial score (nSPS) is 17.3. The van der Waals surface area contributed by atoms with Crippen molar-refractivity contribution in [3.05, 3.63) is 82.9 Å². The molecule has 3 heterocycles. The molecule has 0 radical (unpaired) electrons. The van der Waals surface area contributed by atoms with E-state index in [1.807, 2.05) is 47.4 Å². The molecule has 1 fully saturated rings. The van der Waals surface area contributed by atoms with E-state index in [2.05, 4.69) is 28.7 Å². The summed E-state index contributed by atoms with van der Waals surface area (Å²) in [5.74, 6) is 1.11. The summed E-state index contributed by atoms with van der Waals surface area (Å²) in [6, 6.07) is 20.5. The van der Waals surface area contributed by atoms with Gasteiger partial charge >= 0.3 is 0 Å². The Hall–Kier alpha value is -4.81. The molecule has 6 rings (SSSR count). The summed E-state index contributed by atoms with van der Waals surface area (Å²) in [5, 5.41) is 15.6. The summed E-state index contributed by atoms with van der Waals surface area (Å²) >= 11 is 0. The van der Waals surface area contributed by atoms with Crippen molar-refractivity contribution in [2.75, 3.05) is 50.7 Å². The fraction of sp³-hybridized carbons (Fsp3) is 0.233. The SMILES string of the molecule is CN1CCN(C(=O)Cc2ccc(N/C(=C3\C(=O)Nc4cc(C#N)ccc43)c3ccc4c(c3)OCO4)cc2)CC1. The standard InChI is InChI=1S/C30H27N5O4/c1-34-10-12-35(13-11-34)27(36)15-19-2-6-22(7-3-19)32-29(21-5-9-25-26(16-21)39-18-38-25)28-23-8-4-20(17-31)14-24(23)33-30(28)37/h2-9,14,16,32H,10-13,15,18H2,1H3,(H,33,37)/b29-28-. The van der Waals surface area contributed by atoms with Crippen LogP contribution in [0.25, 0.3) is 11.3 Å². The number of nitrogens with zero attached hydrogens (tertiary/aromatic N) is 3. The molecule has 3 aliphatic rings. The van der Waals surface area contributed by atoms with Gasteiger partial charge in [-0.1, -0.05) is 18.2 Å². The lowest BCUT2D eigenvalue weighted by molar-refractivity contribution is -0.132. The van der Waals surface area contributed by atoms with E-state index >= 15 is 0 Å². The Morgan fingerprint density at radius 1 is 1.00 bits per heavy atom. The number of carbonyl (C=O) groups excluding carboxylic acids is 2. The second kappa shape index (κ2) is 10.2. The fourth-order valence-electron chi connectivity index (χ4n) is 5.01. The number of nitriles is 1. The average Bonchev–Trinajstić information content (AvgIpc) is 3.55.